The molecule has 0 aromatic heterocycles. The third-order valence-electron chi connectivity index (χ3n) is 3.98. The Labute approximate surface area is 69.7 Å². The van der Waals surface area contributed by atoms with E-state index in [0.29, 0.717) is 5.41 Å². The van der Waals surface area contributed by atoms with Gasteiger partial charge in [0.25, 0.3) is 0 Å². The molecule has 0 heterocycles. The first kappa shape index (κ1) is 7.39. The van der Waals surface area contributed by atoms with E-state index in [2.05, 4.69) is 32.9 Å². The highest BCUT2D eigenvalue weighted by molar-refractivity contribution is 5.16. The van der Waals surface area contributed by atoms with Crippen LogP contribution in [0.5, 0.6) is 0 Å². The van der Waals surface area contributed by atoms with Gasteiger partial charge in [0.15, 0.2) is 0 Å². The normalized spacial score (nSPS) is 45.2. The van der Waals surface area contributed by atoms with Crippen LogP contribution in [0.3, 0.4) is 0 Å². The number of allylic oxidation sites excluding steroid dienone is 2. The summed E-state index contributed by atoms with van der Waals surface area (Å²) in [5, 5.41) is 0. The van der Waals surface area contributed by atoms with Crippen LogP contribution in [0.2, 0.25) is 0 Å². The average Bonchev–Trinajstić information content (AvgIpc) is 2.44. The van der Waals surface area contributed by atoms with Gasteiger partial charge in [0.1, 0.15) is 0 Å². The molecule has 3 unspecified atom stereocenters. The van der Waals surface area contributed by atoms with E-state index in [1.807, 2.05) is 0 Å². The minimum atomic E-state index is 0.591. The second-order valence-corrected chi connectivity index (χ2v) is 4.73. The second kappa shape index (κ2) is 2.12. The molecule has 0 aliphatic heterocycles. The first-order valence-electron chi connectivity index (χ1n) is 4.84. The summed E-state index contributed by atoms with van der Waals surface area (Å²) in [6.07, 6.45) is 7.69. The number of hydrogen-bond acceptors (Lipinski definition) is 0. The largest absolute Gasteiger partial charge is 0.0848 e. The summed E-state index contributed by atoms with van der Waals surface area (Å²) < 4.78 is 0. The lowest BCUT2D eigenvalue weighted by molar-refractivity contribution is 0.186. The van der Waals surface area contributed by atoms with Crippen LogP contribution in [0, 0.1) is 23.2 Å². The van der Waals surface area contributed by atoms with Gasteiger partial charge in [-0.15, -0.1) is 0 Å². The molecule has 0 N–H and O–H groups in total. The van der Waals surface area contributed by atoms with Gasteiger partial charge in [-0.25, -0.2) is 0 Å². The lowest BCUT2D eigenvalue weighted by Crippen LogP contribution is -2.27. The second-order valence-electron chi connectivity index (χ2n) is 4.73. The van der Waals surface area contributed by atoms with E-state index in [4.69, 9.17) is 0 Å². The van der Waals surface area contributed by atoms with Crippen LogP contribution in [0.25, 0.3) is 0 Å². The molecule has 2 aliphatic carbocycles. The minimum Gasteiger partial charge on any atom is -0.0848 e. The van der Waals surface area contributed by atoms with Gasteiger partial charge in [-0.3, -0.25) is 0 Å². The van der Waals surface area contributed by atoms with Crippen LogP contribution in [0.15, 0.2) is 12.2 Å². The molecular formula is C11H18. The van der Waals surface area contributed by atoms with E-state index in [-0.39, 0.29) is 0 Å². The van der Waals surface area contributed by atoms with Gasteiger partial charge in [-0.1, -0.05) is 39.3 Å². The van der Waals surface area contributed by atoms with E-state index in [1.54, 1.807) is 0 Å². The molecule has 0 spiro atoms. The molecule has 11 heavy (non-hydrogen) atoms. The average molecular weight is 150 g/mol. The predicted molar refractivity (Wildman–Crippen MR) is 48.3 cm³/mol. The molecule has 3 atom stereocenters. The van der Waals surface area contributed by atoms with Crippen LogP contribution in [-0.2, 0) is 0 Å². The number of rotatable bonds is 1. The zero-order chi connectivity index (χ0) is 8.06. The van der Waals surface area contributed by atoms with Crippen molar-refractivity contribution >= 4 is 0 Å². The van der Waals surface area contributed by atoms with Crippen molar-refractivity contribution in [3.8, 4) is 0 Å². The molecule has 0 radical (unpaired) electrons. The highest BCUT2D eigenvalue weighted by Gasteiger charge is 2.48. The Morgan fingerprint density at radius 1 is 1.36 bits per heavy atom. The van der Waals surface area contributed by atoms with Crippen molar-refractivity contribution in [2.24, 2.45) is 23.2 Å². The molecule has 2 aliphatic rings. The van der Waals surface area contributed by atoms with E-state index in [9.17, 15) is 0 Å². The zero-order valence-electron chi connectivity index (χ0n) is 7.80. The number of hydrogen-bond donors (Lipinski definition) is 0. The topological polar surface area (TPSA) is 0 Å². The van der Waals surface area contributed by atoms with Gasteiger partial charge in [-0.2, -0.15) is 0 Å². The Kier molecular flexibility index (Phi) is 1.42. The molecule has 0 heteroatoms. The molecule has 0 nitrogen and oxygen atoms in total. The highest BCUT2D eigenvalue weighted by Crippen LogP contribution is 2.56. The summed E-state index contributed by atoms with van der Waals surface area (Å²) in [6.45, 7) is 7.21. The molecule has 2 bridgehead atoms. The minimum absolute atomic E-state index is 0.591. The lowest BCUT2D eigenvalue weighted by Gasteiger charge is -2.34. The molecule has 0 amide bonds. The van der Waals surface area contributed by atoms with Crippen molar-refractivity contribution in [3.05, 3.63) is 12.2 Å². The number of fused-ring (bicyclic) bond motifs is 2. The maximum absolute atomic E-state index is 2.45. The standard InChI is InChI=1S/C11H18/c1-4-10-8-5-6-9(7-8)11(10,2)3/h5-6,8-10H,4,7H2,1-3H3. The van der Waals surface area contributed by atoms with Crippen molar-refractivity contribution in [1.29, 1.82) is 0 Å². The fourth-order valence-corrected chi connectivity index (χ4v) is 3.23. The van der Waals surface area contributed by atoms with Crippen molar-refractivity contribution < 1.29 is 0 Å². The first-order chi connectivity index (χ1) is 5.16. The van der Waals surface area contributed by atoms with Gasteiger partial charge in [0.2, 0.25) is 0 Å². The highest BCUT2D eigenvalue weighted by atomic mass is 14.5. The van der Waals surface area contributed by atoms with Crippen LogP contribution in [0.4, 0.5) is 0 Å². The van der Waals surface area contributed by atoms with Crippen molar-refractivity contribution in [1.82, 2.24) is 0 Å². The fourth-order valence-electron chi connectivity index (χ4n) is 3.23. The Morgan fingerprint density at radius 2 is 2.09 bits per heavy atom. The zero-order valence-corrected chi connectivity index (χ0v) is 7.80. The fraction of sp³-hybridized carbons (Fsp3) is 0.818. The monoisotopic (exact) mass is 150 g/mol. The van der Waals surface area contributed by atoms with E-state index in [1.165, 1.54) is 12.8 Å². The van der Waals surface area contributed by atoms with Crippen molar-refractivity contribution in [3.63, 3.8) is 0 Å². The van der Waals surface area contributed by atoms with Crippen molar-refractivity contribution in [2.45, 2.75) is 33.6 Å². The Hall–Kier alpha value is -0.260. The van der Waals surface area contributed by atoms with Crippen LogP contribution in [-0.4, -0.2) is 0 Å². The molecule has 1 fully saturated rings. The van der Waals surface area contributed by atoms with Crippen LogP contribution in [0.1, 0.15) is 33.6 Å². The third kappa shape index (κ3) is 0.816. The SMILES string of the molecule is CCC1C2C=CC(C2)C1(C)C. The van der Waals surface area contributed by atoms with Gasteiger partial charge >= 0.3 is 0 Å². The van der Waals surface area contributed by atoms with E-state index >= 15 is 0 Å². The maximum atomic E-state index is 2.45. The Bertz CT molecular complexity index is 188. The summed E-state index contributed by atoms with van der Waals surface area (Å²) in [4.78, 5) is 0. The molecule has 62 valence electrons. The summed E-state index contributed by atoms with van der Waals surface area (Å²) in [5.74, 6) is 2.76. The Balaban J connectivity index is 2.29. The van der Waals surface area contributed by atoms with Crippen LogP contribution >= 0.6 is 0 Å². The van der Waals surface area contributed by atoms with Crippen molar-refractivity contribution in [2.75, 3.05) is 0 Å². The van der Waals surface area contributed by atoms with Gasteiger partial charge < -0.3 is 0 Å². The third-order valence-corrected chi connectivity index (χ3v) is 3.98. The molecule has 2 rings (SSSR count). The molecule has 0 aromatic carbocycles. The lowest BCUT2D eigenvalue weighted by atomic mass is 9.70. The summed E-state index contributed by atoms with van der Waals surface area (Å²) in [5.41, 5.74) is 0.591. The van der Waals surface area contributed by atoms with Crippen LogP contribution < -0.4 is 0 Å². The maximum Gasteiger partial charge on any atom is -0.0173 e. The summed E-state index contributed by atoms with van der Waals surface area (Å²) in [7, 11) is 0. The summed E-state index contributed by atoms with van der Waals surface area (Å²) >= 11 is 0. The van der Waals surface area contributed by atoms with E-state index < -0.39 is 0 Å². The summed E-state index contributed by atoms with van der Waals surface area (Å²) in [6, 6.07) is 0. The first-order valence-corrected chi connectivity index (χ1v) is 4.84. The molecule has 0 saturated heterocycles. The molecular weight excluding hydrogens is 132 g/mol. The Morgan fingerprint density at radius 3 is 2.45 bits per heavy atom. The van der Waals surface area contributed by atoms with Gasteiger partial charge in [0.05, 0.1) is 0 Å². The van der Waals surface area contributed by atoms with Gasteiger partial charge in [0, 0.05) is 0 Å². The molecule has 0 aromatic rings. The van der Waals surface area contributed by atoms with E-state index in [0.717, 1.165) is 17.8 Å². The predicted octanol–water partition coefficient (Wildman–Crippen LogP) is 3.24. The molecule has 1 saturated carbocycles. The smallest absolute Gasteiger partial charge is 0.0173 e. The quantitative estimate of drug-likeness (QED) is 0.503. The van der Waals surface area contributed by atoms with Gasteiger partial charge in [-0.05, 0) is 29.6 Å².